The molecule has 0 saturated carbocycles. The van der Waals surface area contributed by atoms with E-state index in [1.165, 1.54) is 22.3 Å². The van der Waals surface area contributed by atoms with Crippen molar-refractivity contribution in [1.29, 1.82) is 0 Å². The molecule has 2 heteroatoms. The lowest BCUT2D eigenvalue weighted by molar-refractivity contribution is 0.671. The summed E-state index contributed by atoms with van der Waals surface area (Å²) in [5, 5.41) is 2.27. The molecule has 0 spiro atoms. The predicted octanol–water partition coefficient (Wildman–Crippen LogP) is 13.7. The molecule has 8 aromatic carbocycles. The van der Waals surface area contributed by atoms with Crippen molar-refractivity contribution in [1.82, 2.24) is 0 Å². The highest BCUT2D eigenvalue weighted by Crippen LogP contribution is 2.40. The zero-order valence-electron chi connectivity index (χ0n) is 27.4. The van der Waals surface area contributed by atoms with Gasteiger partial charge in [-0.25, -0.2) is 0 Å². The summed E-state index contributed by atoms with van der Waals surface area (Å²) in [5.74, 6) is 0. The largest absolute Gasteiger partial charge is 0.455 e. The summed E-state index contributed by atoms with van der Waals surface area (Å²) in [4.78, 5) is 2.28. The van der Waals surface area contributed by atoms with Crippen LogP contribution in [0.25, 0.3) is 66.4 Å². The Bertz CT molecular complexity index is 2500. The van der Waals surface area contributed by atoms with Gasteiger partial charge < -0.3 is 9.32 Å². The van der Waals surface area contributed by atoms with Gasteiger partial charge in [-0.05, 0) is 69.8 Å². The molecule has 0 aliphatic rings. The van der Waals surface area contributed by atoms with Gasteiger partial charge in [-0.15, -0.1) is 0 Å². The van der Waals surface area contributed by atoms with Crippen molar-refractivity contribution in [3.05, 3.63) is 200 Å². The van der Waals surface area contributed by atoms with Gasteiger partial charge in [-0.1, -0.05) is 164 Å². The summed E-state index contributed by atoms with van der Waals surface area (Å²) in [7, 11) is 0. The number of anilines is 3. The van der Waals surface area contributed by atoms with E-state index in [0.717, 1.165) is 61.3 Å². The van der Waals surface area contributed by atoms with E-state index >= 15 is 0 Å². The highest BCUT2D eigenvalue weighted by Gasteiger charge is 2.16. The zero-order chi connectivity index (χ0) is 33.3. The third kappa shape index (κ3) is 5.43. The number of fused-ring (bicyclic) bond motifs is 3. The van der Waals surface area contributed by atoms with Crippen LogP contribution in [-0.2, 0) is 0 Å². The standard InChI is InChI=1S/C48H33NO/c1-4-12-38(13-5-1)43-18-10-20-45-46-21-11-19-44(48(46)50-47(43)45)39-28-26-36(27-29-39)34-22-24-35(25-23-34)37-30-32-42(33-31-37)49(40-14-6-2-7-15-40)41-16-8-3-9-17-41/h1-33H. The molecule has 1 heterocycles. The average Bonchev–Trinajstić information content (AvgIpc) is 3.59. The Morgan fingerprint density at radius 3 is 1.04 bits per heavy atom. The summed E-state index contributed by atoms with van der Waals surface area (Å²) in [6.45, 7) is 0. The second kappa shape index (κ2) is 12.8. The highest BCUT2D eigenvalue weighted by molar-refractivity contribution is 6.13. The molecular formula is C48H33NO. The first-order chi connectivity index (χ1) is 24.8. The van der Waals surface area contributed by atoms with Crippen LogP contribution < -0.4 is 4.90 Å². The molecule has 0 saturated heterocycles. The molecule has 50 heavy (non-hydrogen) atoms. The van der Waals surface area contributed by atoms with Gasteiger partial charge in [0.05, 0.1) is 0 Å². The fourth-order valence-corrected chi connectivity index (χ4v) is 6.99. The summed E-state index contributed by atoms with van der Waals surface area (Å²) in [5.41, 5.74) is 14.5. The first-order valence-corrected chi connectivity index (χ1v) is 17.0. The molecule has 0 N–H and O–H groups in total. The second-order valence-electron chi connectivity index (χ2n) is 12.5. The van der Waals surface area contributed by atoms with Crippen molar-refractivity contribution in [2.75, 3.05) is 4.90 Å². The molecule has 9 aromatic rings. The average molecular weight is 640 g/mol. The van der Waals surface area contributed by atoms with Crippen molar-refractivity contribution >= 4 is 39.0 Å². The monoisotopic (exact) mass is 639 g/mol. The topological polar surface area (TPSA) is 16.4 Å². The Labute approximate surface area is 292 Å². The Morgan fingerprint density at radius 1 is 0.260 bits per heavy atom. The Kier molecular flexibility index (Phi) is 7.53. The number of hydrogen-bond acceptors (Lipinski definition) is 2. The van der Waals surface area contributed by atoms with Crippen molar-refractivity contribution in [3.8, 4) is 44.5 Å². The number of para-hydroxylation sites is 4. The lowest BCUT2D eigenvalue weighted by atomic mass is 9.97. The van der Waals surface area contributed by atoms with Crippen LogP contribution in [0.5, 0.6) is 0 Å². The van der Waals surface area contributed by atoms with Crippen molar-refractivity contribution < 1.29 is 4.42 Å². The van der Waals surface area contributed by atoms with Crippen LogP contribution >= 0.6 is 0 Å². The fraction of sp³-hybridized carbons (Fsp3) is 0. The van der Waals surface area contributed by atoms with Gasteiger partial charge in [-0.3, -0.25) is 0 Å². The summed E-state index contributed by atoms with van der Waals surface area (Å²) >= 11 is 0. The van der Waals surface area contributed by atoms with Crippen LogP contribution in [0.4, 0.5) is 17.1 Å². The maximum atomic E-state index is 6.66. The van der Waals surface area contributed by atoms with Crippen LogP contribution in [0.1, 0.15) is 0 Å². The maximum absolute atomic E-state index is 6.66. The number of furan rings is 1. The predicted molar refractivity (Wildman–Crippen MR) is 210 cm³/mol. The summed E-state index contributed by atoms with van der Waals surface area (Å²) < 4.78 is 6.66. The molecule has 0 fully saturated rings. The van der Waals surface area contributed by atoms with E-state index < -0.39 is 0 Å². The smallest absolute Gasteiger partial charge is 0.143 e. The quantitative estimate of drug-likeness (QED) is 0.173. The molecule has 0 unspecified atom stereocenters. The van der Waals surface area contributed by atoms with E-state index in [9.17, 15) is 0 Å². The molecule has 9 rings (SSSR count). The first kappa shape index (κ1) is 29.5. The van der Waals surface area contributed by atoms with E-state index in [1.807, 2.05) is 6.07 Å². The molecule has 0 amide bonds. The lowest BCUT2D eigenvalue weighted by Gasteiger charge is -2.25. The minimum Gasteiger partial charge on any atom is -0.455 e. The van der Waals surface area contributed by atoms with Crippen LogP contribution in [0.2, 0.25) is 0 Å². The molecule has 0 aliphatic carbocycles. The molecule has 0 aliphatic heterocycles. The Morgan fingerprint density at radius 2 is 0.600 bits per heavy atom. The van der Waals surface area contributed by atoms with Crippen molar-refractivity contribution in [3.63, 3.8) is 0 Å². The van der Waals surface area contributed by atoms with Gasteiger partial charge in [-0.2, -0.15) is 0 Å². The van der Waals surface area contributed by atoms with Gasteiger partial charge in [0.1, 0.15) is 11.2 Å². The fourth-order valence-electron chi connectivity index (χ4n) is 6.99. The van der Waals surface area contributed by atoms with Crippen molar-refractivity contribution in [2.24, 2.45) is 0 Å². The SMILES string of the molecule is c1ccc(-c2cccc3c2oc2c(-c4ccc(-c5ccc(-c6ccc(N(c7ccccc7)c7ccccc7)cc6)cc5)cc4)cccc23)cc1. The number of nitrogens with zero attached hydrogens (tertiary/aromatic N) is 1. The van der Waals surface area contributed by atoms with Gasteiger partial charge in [0.25, 0.3) is 0 Å². The number of hydrogen-bond donors (Lipinski definition) is 0. The first-order valence-electron chi connectivity index (χ1n) is 17.0. The van der Waals surface area contributed by atoms with Crippen LogP contribution in [0.3, 0.4) is 0 Å². The molecular weight excluding hydrogens is 607 g/mol. The van der Waals surface area contributed by atoms with E-state index in [2.05, 4.69) is 199 Å². The minimum absolute atomic E-state index is 0.921. The zero-order valence-corrected chi connectivity index (χ0v) is 27.4. The van der Waals surface area contributed by atoms with Crippen LogP contribution in [-0.4, -0.2) is 0 Å². The number of benzene rings is 8. The summed E-state index contributed by atoms with van der Waals surface area (Å²) in [6.07, 6.45) is 0. The highest BCUT2D eigenvalue weighted by atomic mass is 16.3. The van der Waals surface area contributed by atoms with E-state index in [4.69, 9.17) is 4.42 Å². The van der Waals surface area contributed by atoms with Crippen LogP contribution in [0.15, 0.2) is 205 Å². The Hall–Kier alpha value is -6.64. The van der Waals surface area contributed by atoms with Crippen molar-refractivity contribution in [2.45, 2.75) is 0 Å². The molecule has 0 radical (unpaired) electrons. The van der Waals surface area contributed by atoms with E-state index in [-0.39, 0.29) is 0 Å². The van der Waals surface area contributed by atoms with E-state index in [0.29, 0.717) is 0 Å². The minimum atomic E-state index is 0.921. The number of rotatable bonds is 7. The molecule has 1 aromatic heterocycles. The molecule has 0 bridgehead atoms. The third-order valence-corrected chi connectivity index (χ3v) is 9.51. The van der Waals surface area contributed by atoms with Gasteiger partial charge in [0, 0.05) is 39.0 Å². The molecule has 0 atom stereocenters. The second-order valence-corrected chi connectivity index (χ2v) is 12.5. The van der Waals surface area contributed by atoms with E-state index in [1.54, 1.807) is 0 Å². The maximum Gasteiger partial charge on any atom is 0.143 e. The normalized spacial score (nSPS) is 11.2. The molecule has 236 valence electrons. The van der Waals surface area contributed by atoms with Gasteiger partial charge in [0.2, 0.25) is 0 Å². The van der Waals surface area contributed by atoms with Gasteiger partial charge in [0.15, 0.2) is 0 Å². The van der Waals surface area contributed by atoms with Crippen LogP contribution in [0, 0.1) is 0 Å². The Balaban J connectivity index is 0.981. The lowest BCUT2D eigenvalue weighted by Crippen LogP contribution is -2.09. The third-order valence-electron chi connectivity index (χ3n) is 9.51. The summed E-state index contributed by atoms with van der Waals surface area (Å²) in [6, 6.07) is 70.8. The molecule has 2 nitrogen and oxygen atoms in total. The van der Waals surface area contributed by atoms with Gasteiger partial charge >= 0.3 is 0 Å².